The number of para-hydroxylation sites is 1. The molecule has 4 aromatic rings. The predicted octanol–water partition coefficient (Wildman–Crippen LogP) is 5.20. The van der Waals surface area contributed by atoms with Gasteiger partial charge in [0.1, 0.15) is 4.88 Å². The summed E-state index contributed by atoms with van der Waals surface area (Å²) in [4.78, 5) is 30.6. The van der Waals surface area contributed by atoms with Crippen LogP contribution in [-0.4, -0.2) is 28.6 Å². The fourth-order valence-corrected chi connectivity index (χ4v) is 4.73. The Labute approximate surface area is 188 Å². The van der Waals surface area contributed by atoms with Gasteiger partial charge in [-0.2, -0.15) is 0 Å². The summed E-state index contributed by atoms with van der Waals surface area (Å²) < 4.78 is 0. The summed E-state index contributed by atoms with van der Waals surface area (Å²) in [5, 5.41) is 18.6. The van der Waals surface area contributed by atoms with E-state index >= 15 is 0 Å². The van der Waals surface area contributed by atoms with Crippen LogP contribution in [0, 0.1) is 0 Å². The van der Waals surface area contributed by atoms with E-state index in [4.69, 9.17) is 0 Å². The van der Waals surface area contributed by atoms with Crippen molar-refractivity contribution in [3.05, 3.63) is 82.2 Å². The largest absolute Gasteiger partial charge is 0.465 e. The van der Waals surface area contributed by atoms with E-state index in [-0.39, 0.29) is 5.91 Å². The average Bonchev–Trinajstić information content (AvgIpc) is 3.44. The number of hydrogen-bond donors (Lipinski definition) is 3. The fraction of sp³-hybridized carbons (Fsp3) is 0.125. The zero-order valence-corrected chi connectivity index (χ0v) is 17.9. The van der Waals surface area contributed by atoms with Crippen molar-refractivity contribution in [3.8, 4) is 0 Å². The van der Waals surface area contributed by atoms with Crippen molar-refractivity contribution in [1.29, 1.82) is 0 Å². The number of carbonyl (C=O) groups is 2. The lowest BCUT2D eigenvalue weighted by molar-refractivity contribution is 0.103. The van der Waals surface area contributed by atoms with Gasteiger partial charge in [0.15, 0.2) is 0 Å². The number of hydrogen-bond acceptors (Lipinski definition) is 5. The number of benzene rings is 2. The van der Waals surface area contributed by atoms with Gasteiger partial charge >= 0.3 is 6.09 Å². The molecule has 1 aliphatic rings. The fourth-order valence-electron chi connectivity index (χ4n) is 3.97. The Kier molecular flexibility index (Phi) is 5.20. The van der Waals surface area contributed by atoms with Crippen molar-refractivity contribution in [1.82, 2.24) is 4.98 Å². The summed E-state index contributed by atoms with van der Waals surface area (Å²) in [5.74, 6) is -0.234. The van der Waals surface area contributed by atoms with E-state index in [1.807, 2.05) is 53.9 Å². The first kappa shape index (κ1) is 20.0. The molecule has 1 aliphatic heterocycles. The van der Waals surface area contributed by atoms with Gasteiger partial charge in [0, 0.05) is 30.4 Å². The van der Waals surface area contributed by atoms with Gasteiger partial charge in [-0.1, -0.05) is 24.3 Å². The Hall–Kier alpha value is -3.91. The number of pyridine rings is 1. The van der Waals surface area contributed by atoms with E-state index in [1.54, 1.807) is 12.3 Å². The number of fused-ring (bicyclic) bond motifs is 2. The minimum atomic E-state index is -0.986. The number of carbonyl (C=O) groups excluding carboxylic acids is 1. The van der Waals surface area contributed by atoms with Crippen LogP contribution in [0.15, 0.2) is 66.2 Å². The molecule has 0 spiro atoms. The van der Waals surface area contributed by atoms with E-state index in [2.05, 4.69) is 15.6 Å². The maximum absolute atomic E-state index is 13.0. The van der Waals surface area contributed by atoms with Crippen LogP contribution >= 0.6 is 11.3 Å². The van der Waals surface area contributed by atoms with Crippen LogP contribution in [0.2, 0.25) is 0 Å². The van der Waals surface area contributed by atoms with Crippen LogP contribution in [-0.2, 0) is 13.0 Å². The molecule has 2 aromatic heterocycles. The quantitative estimate of drug-likeness (QED) is 0.393. The van der Waals surface area contributed by atoms with Gasteiger partial charge in [-0.25, -0.2) is 4.79 Å². The molecule has 8 heteroatoms. The van der Waals surface area contributed by atoms with Gasteiger partial charge in [-0.05, 0) is 53.3 Å². The van der Waals surface area contributed by atoms with Gasteiger partial charge in [0.2, 0.25) is 0 Å². The Morgan fingerprint density at radius 2 is 2.00 bits per heavy atom. The SMILES string of the molecule is O=C(Nc1ccc2c(c1)N(C(=O)O)CC2)c1sccc1NCc1ccnc2ccccc12. The summed E-state index contributed by atoms with van der Waals surface area (Å²) in [6.07, 6.45) is 1.48. The van der Waals surface area contributed by atoms with Crippen LogP contribution in [0.25, 0.3) is 10.9 Å². The first-order valence-electron chi connectivity index (χ1n) is 10.2. The van der Waals surface area contributed by atoms with Crippen molar-refractivity contribution >= 4 is 51.3 Å². The second-order valence-corrected chi connectivity index (χ2v) is 8.40. The maximum Gasteiger partial charge on any atom is 0.411 e. The summed E-state index contributed by atoms with van der Waals surface area (Å²) in [5.41, 5.74) is 4.95. The molecule has 0 saturated carbocycles. The van der Waals surface area contributed by atoms with Crippen molar-refractivity contribution in [2.24, 2.45) is 0 Å². The summed E-state index contributed by atoms with van der Waals surface area (Å²) in [7, 11) is 0. The van der Waals surface area contributed by atoms with E-state index < -0.39 is 6.09 Å². The predicted molar refractivity (Wildman–Crippen MR) is 127 cm³/mol. The molecule has 0 saturated heterocycles. The van der Waals surface area contributed by atoms with Crippen LogP contribution in [0.1, 0.15) is 20.8 Å². The highest BCUT2D eigenvalue weighted by atomic mass is 32.1. The van der Waals surface area contributed by atoms with Crippen molar-refractivity contribution in [2.45, 2.75) is 13.0 Å². The number of amides is 2. The third kappa shape index (κ3) is 3.76. The number of nitrogens with zero attached hydrogens (tertiary/aromatic N) is 2. The number of aromatic nitrogens is 1. The maximum atomic E-state index is 13.0. The van der Waals surface area contributed by atoms with E-state index in [0.717, 1.165) is 27.7 Å². The molecule has 0 unspecified atom stereocenters. The first-order valence-corrected chi connectivity index (χ1v) is 11.1. The van der Waals surface area contributed by atoms with Crippen LogP contribution in [0.4, 0.5) is 21.9 Å². The summed E-state index contributed by atoms with van der Waals surface area (Å²) >= 11 is 1.36. The molecule has 5 rings (SSSR count). The molecule has 0 aliphatic carbocycles. The zero-order valence-electron chi connectivity index (χ0n) is 17.0. The Bertz CT molecular complexity index is 1330. The standard InChI is InChI=1S/C24H20N4O3S/c29-23(27-17-6-5-15-8-11-28(24(30)31)21(15)13-17)22-20(9-12-32-22)26-14-16-7-10-25-19-4-2-1-3-18(16)19/h1-7,9-10,12-13,26H,8,11,14H2,(H,27,29)(H,30,31). The first-order chi connectivity index (χ1) is 15.6. The molecular formula is C24H20N4O3S. The molecule has 0 radical (unpaired) electrons. The highest BCUT2D eigenvalue weighted by molar-refractivity contribution is 7.12. The topological polar surface area (TPSA) is 94.6 Å². The summed E-state index contributed by atoms with van der Waals surface area (Å²) in [6, 6.07) is 17.2. The van der Waals surface area contributed by atoms with Crippen LogP contribution in [0.3, 0.4) is 0 Å². The molecule has 7 nitrogen and oxygen atoms in total. The van der Waals surface area contributed by atoms with E-state index in [9.17, 15) is 14.7 Å². The second kappa shape index (κ2) is 8.32. The van der Waals surface area contributed by atoms with E-state index in [1.165, 1.54) is 16.2 Å². The monoisotopic (exact) mass is 444 g/mol. The number of thiophene rings is 1. The molecule has 0 fully saturated rings. The lowest BCUT2D eigenvalue weighted by Gasteiger charge is -2.14. The molecule has 0 bridgehead atoms. The van der Waals surface area contributed by atoms with Gasteiger partial charge in [-0.15, -0.1) is 11.3 Å². The third-order valence-corrected chi connectivity index (χ3v) is 6.46. The average molecular weight is 445 g/mol. The number of carboxylic acid groups (broad SMARTS) is 1. The Morgan fingerprint density at radius 3 is 2.88 bits per heavy atom. The normalized spacial score (nSPS) is 12.6. The molecule has 2 aromatic carbocycles. The van der Waals surface area contributed by atoms with Crippen molar-refractivity contribution in [2.75, 3.05) is 22.1 Å². The van der Waals surface area contributed by atoms with Gasteiger partial charge in [-0.3, -0.25) is 14.7 Å². The third-order valence-electron chi connectivity index (χ3n) is 5.55. The summed E-state index contributed by atoms with van der Waals surface area (Å²) in [6.45, 7) is 0.997. The number of nitrogens with one attached hydrogen (secondary N) is 2. The Balaban J connectivity index is 1.32. The van der Waals surface area contributed by atoms with Gasteiger partial charge < -0.3 is 15.7 Å². The lowest BCUT2D eigenvalue weighted by Crippen LogP contribution is -2.26. The molecular weight excluding hydrogens is 424 g/mol. The van der Waals surface area contributed by atoms with Crippen LogP contribution < -0.4 is 15.5 Å². The lowest BCUT2D eigenvalue weighted by atomic mass is 10.1. The molecule has 3 N–H and O–H groups in total. The van der Waals surface area contributed by atoms with Crippen molar-refractivity contribution in [3.63, 3.8) is 0 Å². The molecule has 32 heavy (non-hydrogen) atoms. The van der Waals surface area contributed by atoms with Crippen LogP contribution in [0.5, 0.6) is 0 Å². The molecule has 160 valence electrons. The molecule has 0 atom stereocenters. The highest BCUT2D eigenvalue weighted by Gasteiger charge is 2.25. The van der Waals surface area contributed by atoms with Gasteiger partial charge in [0.25, 0.3) is 5.91 Å². The van der Waals surface area contributed by atoms with Gasteiger partial charge in [0.05, 0.1) is 16.9 Å². The number of rotatable bonds is 5. The Morgan fingerprint density at radius 1 is 1.12 bits per heavy atom. The minimum Gasteiger partial charge on any atom is -0.465 e. The minimum absolute atomic E-state index is 0.234. The zero-order chi connectivity index (χ0) is 22.1. The van der Waals surface area contributed by atoms with Crippen molar-refractivity contribution < 1.29 is 14.7 Å². The number of anilines is 3. The highest BCUT2D eigenvalue weighted by Crippen LogP contribution is 2.32. The smallest absolute Gasteiger partial charge is 0.411 e. The van der Waals surface area contributed by atoms with E-state index in [0.29, 0.717) is 35.8 Å². The molecule has 3 heterocycles. The molecule has 2 amide bonds. The second-order valence-electron chi connectivity index (χ2n) is 7.49.